The summed E-state index contributed by atoms with van der Waals surface area (Å²) in [5.41, 5.74) is 9.74. The van der Waals surface area contributed by atoms with Crippen LogP contribution in [0.15, 0.2) is 42.5 Å². The SMILES string of the molecule is CC(C)c1ccc(C(CN)Cc2ccc(Cl)c(Cl)c2)cc1. The molecule has 2 aromatic carbocycles. The second-order valence-electron chi connectivity index (χ2n) is 5.71. The highest BCUT2D eigenvalue weighted by atomic mass is 35.5. The van der Waals surface area contributed by atoms with Crippen LogP contribution in [0.3, 0.4) is 0 Å². The summed E-state index contributed by atoms with van der Waals surface area (Å²) in [5.74, 6) is 0.842. The third kappa shape index (κ3) is 4.23. The molecular formula is C18H21Cl2N. The minimum Gasteiger partial charge on any atom is -0.330 e. The van der Waals surface area contributed by atoms with Gasteiger partial charge in [-0.05, 0) is 47.7 Å². The van der Waals surface area contributed by atoms with E-state index in [1.54, 1.807) is 0 Å². The molecule has 0 aliphatic carbocycles. The van der Waals surface area contributed by atoms with E-state index in [1.807, 2.05) is 18.2 Å². The van der Waals surface area contributed by atoms with Gasteiger partial charge in [-0.3, -0.25) is 0 Å². The van der Waals surface area contributed by atoms with Gasteiger partial charge in [-0.15, -0.1) is 0 Å². The van der Waals surface area contributed by atoms with Gasteiger partial charge in [0, 0.05) is 5.92 Å². The normalized spacial score (nSPS) is 12.7. The molecule has 1 atom stereocenters. The summed E-state index contributed by atoms with van der Waals surface area (Å²) < 4.78 is 0. The molecule has 0 aliphatic heterocycles. The van der Waals surface area contributed by atoms with Gasteiger partial charge in [-0.2, -0.15) is 0 Å². The maximum Gasteiger partial charge on any atom is 0.0595 e. The third-order valence-corrected chi connectivity index (χ3v) is 4.56. The predicted molar refractivity (Wildman–Crippen MR) is 92.5 cm³/mol. The van der Waals surface area contributed by atoms with Gasteiger partial charge in [0.25, 0.3) is 0 Å². The Hall–Kier alpha value is -1.02. The lowest BCUT2D eigenvalue weighted by atomic mass is 9.90. The highest BCUT2D eigenvalue weighted by molar-refractivity contribution is 6.42. The molecule has 0 aliphatic rings. The van der Waals surface area contributed by atoms with E-state index in [1.165, 1.54) is 11.1 Å². The van der Waals surface area contributed by atoms with Crippen molar-refractivity contribution in [1.82, 2.24) is 0 Å². The molecule has 0 radical (unpaired) electrons. The zero-order chi connectivity index (χ0) is 15.4. The van der Waals surface area contributed by atoms with Crippen LogP contribution in [-0.4, -0.2) is 6.54 Å². The number of hydrogen-bond donors (Lipinski definition) is 1. The number of halogens is 2. The summed E-state index contributed by atoms with van der Waals surface area (Å²) in [6.07, 6.45) is 0.869. The Morgan fingerprint density at radius 1 is 0.905 bits per heavy atom. The number of rotatable bonds is 5. The number of benzene rings is 2. The summed E-state index contributed by atoms with van der Waals surface area (Å²) in [6.45, 7) is 5.01. The first-order valence-electron chi connectivity index (χ1n) is 7.25. The van der Waals surface area contributed by atoms with Gasteiger partial charge >= 0.3 is 0 Å². The first-order valence-corrected chi connectivity index (χ1v) is 8.00. The molecule has 0 aromatic heterocycles. The Morgan fingerprint density at radius 3 is 2.05 bits per heavy atom. The van der Waals surface area contributed by atoms with Gasteiger partial charge in [-0.1, -0.05) is 67.4 Å². The molecule has 0 saturated carbocycles. The van der Waals surface area contributed by atoms with Gasteiger partial charge in [0.1, 0.15) is 0 Å². The van der Waals surface area contributed by atoms with Gasteiger partial charge < -0.3 is 5.73 Å². The fraction of sp³-hybridized carbons (Fsp3) is 0.333. The second kappa shape index (κ2) is 7.31. The minimum absolute atomic E-state index is 0.295. The summed E-state index contributed by atoms with van der Waals surface area (Å²) in [7, 11) is 0. The van der Waals surface area contributed by atoms with E-state index < -0.39 is 0 Å². The lowest BCUT2D eigenvalue weighted by molar-refractivity contribution is 0.693. The zero-order valence-electron chi connectivity index (χ0n) is 12.4. The van der Waals surface area contributed by atoms with Crippen LogP contribution in [0, 0.1) is 0 Å². The maximum atomic E-state index is 6.08. The highest BCUT2D eigenvalue weighted by Crippen LogP contribution is 2.27. The van der Waals surface area contributed by atoms with Crippen LogP contribution in [0.2, 0.25) is 10.0 Å². The summed E-state index contributed by atoms with van der Waals surface area (Å²) in [6, 6.07) is 14.5. The van der Waals surface area contributed by atoms with Crippen molar-refractivity contribution in [3.8, 4) is 0 Å². The van der Waals surface area contributed by atoms with Crippen LogP contribution in [0.25, 0.3) is 0 Å². The van der Waals surface area contributed by atoms with Crippen molar-refractivity contribution in [2.75, 3.05) is 6.54 Å². The molecule has 2 rings (SSSR count). The topological polar surface area (TPSA) is 26.0 Å². The maximum absolute atomic E-state index is 6.08. The van der Waals surface area contributed by atoms with Crippen molar-refractivity contribution >= 4 is 23.2 Å². The van der Waals surface area contributed by atoms with Crippen LogP contribution in [-0.2, 0) is 6.42 Å². The minimum atomic E-state index is 0.295. The molecule has 2 N–H and O–H groups in total. The summed E-state index contributed by atoms with van der Waals surface area (Å²) >= 11 is 12.0. The Kier molecular flexibility index (Phi) is 5.69. The number of hydrogen-bond acceptors (Lipinski definition) is 1. The van der Waals surface area contributed by atoms with E-state index in [0.717, 1.165) is 12.0 Å². The predicted octanol–water partition coefficient (Wildman–Crippen LogP) is 5.40. The fourth-order valence-corrected chi connectivity index (χ4v) is 2.76. The average Bonchev–Trinajstić information content (AvgIpc) is 2.48. The zero-order valence-corrected chi connectivity index (χ0v) is 14.0. The van der Waals surface area contributed by atoms with Crippen LogP contribution < -0.4 is 5.73 Å². The van der Waals surface area contributed by atoms with Crippen molar-refractivity contribution in [3.05, 3.63) is 69.2 Å². The molecule has 1 unspecified atom stereocenters. The van der Waals surface area contributed by atoms with Gasteiger partial charge in [-0.25, -0.2) is 0 Å². The average molecular weight is 322 g/mol. The van der Waals surface area contributed by atoms with Crippen LogP contribution in [0.4, 0.5) is 0 Å². The fourth-order valence-electron chi connectivity index (χ4n) is 2.44. The van der Waals surface area contributed by atoms with Crippen molar-refractivity contribution in [2.45, 2.75) is 32.1 Å². The van der Waals surface area contributed by atoms with Crippen LogP contribution >= 0.6 is 23.2 Å². The quantitative estimate of drug-likeness (QED) is 0.783. The number of nitrogens with two attached hydrogens (primary N) is 1. The molecule has 21 heavy (non-hydrogen) atoms. The smallest absolute Gasteiger partial charge is 0.0595 e. The van der Waals surface area contributed by atoms with E-state index >= 15 is 0 Å². The highest BCUT2D eigenvalue weighted by Gasteiger charge is 2.12. The van der Waals surface area contributed by atoms with Gasteiger partial charge in [0.2, 0.25) is 0 Å². The Morgan fingerprint density at radius 2 is 1.52 bits per heavy atom. The van der Waals surface area contributed by atoms with E-state index in [0.29, 0.717) is 28.4 Å². The molecule has 0 saturated heterocycles. The van der Waals surface area contributed by atoms with Crippen molar-refractivity contribution in [1.29, 1.82) is 0 Å². The summed E-state index contributed by atoms with van der Waals surface area (Å²) in [5, 5.41) is 1.19. The molecular weight excluding hydrogens is 301 g/mol. The molecule has 0 heterocycles. The van der Waals surface area contributed by atoms with Crippen LogP contribution in [0.1, 0.15) is 42.4 Å². The Bertz CT molecular complexity index is 591. The lowest BCUT2D eigenvalue weighted by Crippen LogP contribution is -2.15. The molecule has 0 amide bonds. The lowest BCUT2D eigenvalue weighted by Gasteiger charge is -2.17. The molecule has 1 nitrogen and oxygen atoms in total. The largest absolute Gasteiger partial charge is 0.330 e. The second-order valence-corrected chi connectivity index (χ2v) is 6.52. The van der Waals surface area contributed by atoms with E-state index in [4.69, 9.17) is 28.9 Å². The van der Waals surface area contributed by atoms with E-state index in [2.05, 4.69) is 38.1 Å². The standard InChI is InChI=1S/C18H21Cl2N/c1-12(2)14-4-6-15(7-5-14)16(11-21)9-13-3-8-17(19)18(20)10-13/h3-8,10,12,16H,9,11,21H2,1-2H3. The van der Waals surface area contributed by atoms with E-state index in [9.17, 15) is 0 Å². The van der Waals surface area contributed by atoms with Crippen molar-refractivity contribution in [2.24, 2.45) is 5.73 Å². The summed E-state index contributed by atoms with van der Waals surface area (Å²) in [4.78, 5) is 0. The van der Waals surface area contributed by atoms with Crippen molar-refractivity contribution in [3.63, 3.8) is 0 Å². The molecule has 112 valence electrons. The van der Waals surface area contributed by atoms with Gasteiger partial charge in [0.05, 0.1) is 10.0 Å². The van der Waals surface area contributed by atoms with Gasteiger partial charge in [0.15, 0.2) is 0 Å². The Labute approximate surface area is 137 Å². The van der Waals surface area contributed by atoms with Crippen molar-refractivity contribution < 1.29 is 0 Å². The molecule has 2 aromatic rings. The molecule has 3 heteroatoms. The first-order chi connectivity index (χ1) is 10.0. The third-order valence-electron chi connectivity index (χ3n) is 3.83. The molecule has 0 bridgehead atoms. The first kappa shape index (κ1) is 16.4. The Balaban J connectivity index is 2.17. The molecule has 0 spiro atoms. The monoisotopic (exact) mass is 321 g/mol. The molecule has 0 fully saturated rings. The van der Waals surface area contributed by atoms with Crippen LogP contribution in [0.5, 0.6) is 0 Å². The van der Waals surface area contributed by atoms with E-state index in [-0.39, 0.29) is 0 Å².